The van der Waals surface area contributed by atoms with Gasteiger partial charge in [0.25, 0.3) is 0 Å². The van der Waals surface area contributed by atoms with Gasteiger partial charge in [0.1, 0.15) is 5.82 Å². The van der Waals surface area contributed by atoms with Gasteiger partial charge in [0.15, 0.2) is 0 Å². The fourth-order valence-electron chi connectivity index (χ4n) is 2.92. The fraction of sp³-hybridized carbons (Fsp3) is 0.500. The lowest BCUT2D eigenvalue weighted by molar-refractivity contribution is -0.131. The van der Waals surface area contributed by atoms with Crippen LogP contribution in [0.4, 0.5) is 0 Å². The predicted molar refractivity (Wildman–Crippen MR) is 97.7 cm³/mol. The maximum Gasteiger partial charge on any atom is 0.223 e. The number of nitrogens with one attached hydrogen (secondary N) is 2. The largest absolute Gasteiger partial charge is 0.342 e. The Morgan fingerprint density at radius 2 is 2.17 bits per heavy atom. The van der Waals surface area contributed by atoms with E-state index in [1.807, 2.05) is 24.1 Å². The van der Waals surface area contributed by atoms with E-state index in [1.54, 1.807) is 0 Å². The van der Waals surface area contributed by atoms with E-state index in [-0.39, 0.29) is 30.7 Å². The molecule has 1 atom stereocenters. The van der Waals surface area contributed by atoms with Gasteiger partial charge in [-0.05, 0) is 31.5 Å². The average Bonchev–Trinajstić information content (AvgIpc) is 3.13. The maximum absolute atomic E-state index is 12.2. The van der Waals surface area contributed by atoms with Crippen molar-refractivity contribution in [2.45, 2.75) is 32.2 Å². The van der Waals surface area contributed by atoms with E-state index in [1.165, 1.54) is 0 Å². The summed E-state index contributed by atoms with van der Waals surface area (Å²) in [6.45, 7) is 3.97. The second kappa shape index (κ2) is 8.52. The molecule has 3 rings (SSSR count). The summed E-state index contributed by atoms with van der Waals surface area (Å²) in [5.74, 6) is 1.09. The highest BCUT2D eigenvalue weighted by Gasteiger charge is 2.22. The third kappa shape index (κ3) is 4.37. The molecule has 1 fully saturated rings. The number of nitrogens with zero attached hydrogens (tertiary/aromatic N) is 2. The molecule has 2 heterocycles. The van der Waals surface area contributed by atoms with Crippen molar-refractivity contribution in [1.82, 2.24) is 20.2 Å². The Bertz CT molecular complexity index is 653. The summed E-state index contributed by atoms with van der Waals surface area (Å²) in [6.07, 6.45) is 2.22. The summed E-state index contributed by atoms with van der Waals surface area (Å²) in [6, 6.07) is 6.44. The van der Waals surface area contributed by atoms with Crippen LogP contribution in [0.1, 0.15) is 24.2 Å². The molecule has 7 heteroatoms. The lowest BCUT2D eigenvalue weighted by Crippen LogP contribution is -2.38. The summed E-state index contributed by atoms with van der Waals surface area (Å²) in [7, 11) is 1.91. The van der Waals surface area contributed by atoms with Crippen molar-refractivity contribution in [1.29, 1.82) is 0 Å². The summed E-state index contributed by atoms with van der Waals surface area (Å²) in [4.78, 5) is 22.0. The standard InChI is InChI=1S/C16H22N4O.2ClH/c1-11-4-3-5-13-16(11)19-14(18-13)6-7-15(21)20(2)12-8-9-17-10-12;;/h3-5,12,17H,6-10H2,1-2H3,(H,18,19);2*1H. The first-order valence-electron chi connectivity index (χ1n) is 7.56. The first-order valence-corrected chi connectivity index (χ1v) is 7.56. The second-order valence-electron chi connectivity index (χ2n) is 5.81. The number of halogens is 2. The molecule has 1 unspecified atom stereocenters. The summed E-state index contributed by atoms with van der Waals surface area (Å²) >= 11 is 0. The van der Waals surface area contributed by atoms with Crippen molar-refractivity contribution in [3.8, 4) is 0 Å². The molecule has 1 aliphatic heterocycles. The number of benzene rings is 1. The summed E-state index contributed by atoms with van der Waals surface area (Å²) in [5, 5.41) is 3.29. The molecule has 2 aromatic rings. The zero-order valence-corrected chi connectivity index (χ0v) is 15.1. The first-order chi connectivity index (χ1) is 10.1. The third-order valence-electron chi connectivity index (χ3n) is 4.31. The molecule has 1 saturated heterocycles. The smallest absolute Gasteiger partial charge is 0.223 e. The molecule has 0 aliphatic carbocycles. The number of fused-ring (bicyclic) bond motifs is 1. The zero-order chi connectivity index (χ0) is 14.8. The topological polar surface area (TPSA) is 61.0 Å². The van der Waals surface area contributed by atoms with Crippen molar-refractivity contribution >= 4 is 41.8 Å². The van der Waals surface area contributed by atoms with Gasteiger partial charge in [0.2, 0.25) is 5.91 Å². The van der Waals surface area contributed by atoms with Crippen LogP contribution in [0.2, 0.25) is 0 Å². The van der Waals surface area contributed by atoms with E-state index in [4.69, 9.17) is 0 Å². The van der Waals surface area contributed by atoms with Crippen LogP contribution in [-0.2, 0) is 11.2 Å². The Kier molecular flexibility index (Phi) is 7.32. The van der Waals surface area contributed by atoms with Crippen molar-refractivity contribution in [3.05, 3.63) is 29.6 Å². The average molecular weight is 359 g/mol. The number of para-hydroxylation sites is 1. The van der Waals surface area contributed by atoms with Crippen molar-refractivity contribution in [2.75, 3.05) is 20.1 Å². The third-order valence-corrected chi connectivity index (χ3v) is 4.31. The van der Waals surface area contributed by atoms with E-state index in [9.17, 15) is 4.79 Å². The Morgan fingerprint density at radius 1 is 1.39 bits per heavy atom. The van der Waals surface area contributed by atoms with Crippen LogP contribution in [-0.4, -0.2) is 47.0 Å². The number of aromatic amines is 1. The number of amides is 1. The van der Waals surface area contributed by atoms with E-state index in [2.05, 4.69) is 28.3 Å². The van der Waals surface area contributed by atoms with Crippen molar-refractivity contribution in [3.63, 3.8) is 0 Å². The number of hydrogen-bond acceptors (Lipinski definition) is 3. The summed E-state index contributed by atoms with van der Waals surface area (Å²) in [5.41, 5.74) is 3.22. The second-order valence-corrected chi connectivity index (χ2v) is 5.81. The number of aromatic nitrogens is 2. The molecule has 0 bridgehead atoms. The number of rotatable bonds is 4. The van der Waals surface area contributed by atoms with Gasteiger partial charge in [-0.25, -0.2) is 4.98 Å². The number of imidazole rings is 1. The molecule has 0 radical (unpaired) electrons. The summed E-state index contributed by atoms with van der Waals surface area (Å²) < 4.78 is 0. The zero-order valence-electron chi connectivity index (χ0n) is 13.5. The monoisotopic (exact) mass is 358 g/mol. The van der Waals surface area contributed by atoms with Gasteiger partial charge < -0.3 is 15.2 Å². The normalized spacial score (nSPS) is 16.7. The predicted octanol–water partition coefficient (Wildman–Crippen LogP) is 2.47. The molecule has 1 aromatic heterocycles. The molecule has 0 spiro atoms. The van der Waals surface area contributed by atoms with Crippen molar-refractivity contribution in [2.24, 2.45) is 0 Å². The SMILES string of the molecule is Cc1cccc2[nH]c(CCC(=O)N(C)C3CCNC3)nc12.Cl.Cl. The number of H-pyrrole nitrogens is 1. The molecular weight excluding hydrogens is 335 g/mol. The van der Waals surface area contributed by atoms with Crippen LogP contribution in [0.5, 0.6) is 0 Å². The van der Waals surface area contributed by atoms with Gasteiger partial charge in [0, 0.05) is 32.5 Å². The Morgan fingerprint density at radius 3 is 2.83 bits per heavy atom. The molecular formula is C16H24Cl2N4O. The molecule has 23 heavy (non-hydrogen) atoms. The van der Waals surface area contributed by atoms with Crippen LogP contribution in [0.15, 0.2) is 18.2 Å². The van der Waals surface area contributed by atoms with Crippen LogP contribution in [0.3, 0.4) is 0 Å². The number of likely N-dealkylation sites (N-methyl/N-ethyl adjacent to an activating group) is 1. The Labute approximate surface area is 149 Å². The van der Waals surface area contributed by atoms with Gasteiger partial charge in [-0.15, -0.1) is 24.8 Å². The fourth-order valence-corrected chi connectivity index (χ4v) is 2.92. The minimum Gasteiger partial charge on any atom is -0.342 e. The van der Waals surface area contributed by atoms with Gasteiger partial charge >= 0.3 is 0 Å². The number of aryl methyl sites for hydroxylation is 2. The highest BCUT2D eigenvalue weighted by molar-refractivity contribution is 5.85. The van der Waals surface area contributed by atoms with Gasteiger partial charge in [-0.2, -0.15) is 0 Å². The molecule has 1 aliphatic rings. The maximum atomic E-state index is 12.2. The van der Waals surface area contributed by atoms with Gasteiger partial charge in [-0.1, -0.05) is 12.1 Å². The van der Waals surface area contributed by atoms with Crippen molar-refractivity contribution < 1.29 is 4.79 Å². The highest BCUT2D eigenvalue weighted by Crippen LogP contribution is 2.16. The highest BCUT2D eigenvalue weighted by atomic mass is 35.5. The number of carbonyl (C=O) groups excluding carboxylic acids is 1. The van der Waals surface area contributed by atoms with Crippen LogP contribution >= 0.6 is 24.8 Å². The minimum absolute atomic E-state index is 0. The van der Waals surface area contributed by atoms with Gasteiger partial charge in [0.05, 0.1) is 11.0 Å². The van der Waals surface area contributed by atoms with Gasteiger partial charge in [-0.3, -0.25) is 4.79 Å². The first kappa shape index (κ1) is 19.7. The molecule has 2 N–H and O–H groups in total. The van der Waals surface area contributed by atoms with E-state index in [0.29, 0.717) is 18.9 Å². The van der Waals surface area contributed by atoms with Crippen LogP contribution in [0.25, 0.3) is 11.0 Å². The molecule has 1 amide bonds. The quantitative estimate of drug-likeness (QED) is 0.882. The van der Waals surface area contributed by atoms with Crippen LogP contribution in [0, 0.1) is 6.92 Å². The molecule has 128 valence electrons. The molecule has 5 nitrogen and oxygen atoms in total. The number of hydrogen-bond donors (Lipinski definition) is 2. The van der Waals surface area contributed by atoms with E-state index < -0.39 is 0 Å². The van der Waals surface area contributed by atoms with E-state index in [0.717, 1.165) is 41.9 Å². The minimum atomic E-state index is 0. The Hall–Kier alpha value is -1.30. The lowest BCUT2D eigenvalue weighted by atomic mass is 10.2. The van der Waals surface area contributed by atoms with Crippen LogP contribution < -0.4 is 5.32 Å². The lowest BCUT2D eigenvalue weighted by Gasteiger charge is -2.23. The van der Waals surface area contributed by atoms with E-state index >= 15 is 0 Å². The molecule has 1 aromatic carbocycles. The number of carbonyl (C=O) groups is 1. The molecule has 0 saturated carbocycles. The Balaban J connectivity index is 0.00000132.